The van der Waals surface area contributed by atoms with Crippen LogP contribution in [0.3, 0.4) is 0 Å². The number of alkyl halides is 2. The summed E-state index contributed by atoms with van der Waals surface area (Å²) in [5.41, 5.74) is 4.46. The van der Waals surface area contributed by atoms with Gasteiger partial charge in [-0.15, -0.1) is 0 Å². The van der Waals surface area contributed by atoms with Crippen molar-refractivity contribution in [1.29, 1.82) is 0 Å². The highest BCUT2D eigenvalue weighted by Crippen LogP contribution is 2.40. The molecule has 1 aromatic carbocycles. The van der Waals surface area contributed by atoms with Crippen LogP contribution in [0.2, 0.25) is 5.02 Å². The summed E-state index contributed by atoms with van der Waals surface area (Å²) in [4.78, 5) is 11.1. The van der Waals surface area contributed by atoms with E-state index in [0.29, 0.717) is 0 Å². The van der Waals surface area contributed by atoms with Crippen molar-refractivity contribution in [3.63, 3.8) is 0 Å². The van der Waals surface area contributed by atoms with E-state index in [1.807, 2.05) is 0 Å². The molecular weight excluding hydrogens is 287 g/mol. The third kappa shape index (κ3) is 2.93. The second-order valence-electron chi connectivity index (χ2n) is 3.61. The van der Waals surface area contributed by atoms with Gasteiger partial charge in [-0.3, -0.25) is 0 Å². The van der Waals surface area contributed by atoms with Crippen LogP contribution < -0.4 is 5.73 Å². The van der Waals surface area contributed by atoms with Gasteiger partial charge in [0.05, 0.1) is 6.61 Å². The molecule has 1 aromatic rings. The van der Waals surface area contributed by atoms with Gasteiger partial charge in [0.25, 0.3) is 0 Å². The molecule has 0 aliphatic heterocycles. The number of halogens is 4. The Morgan fingerprint density at radius 3 is 2.68 bits per heavy atom. The zero-order chi connectivity index (χ0) is 14.8. The molecule has 3 N–H and O–H groups in total. The van der Waals surface area contributed by atoms with Gasteiger partial charge in [-0.1, -0.05) is 11.6 Å². The fraction of sp³-hybridized carbons (Fsp3) is 0.364. The summed E-state index contributed by atoms with van der Waals surface area (Å²) in [6.45, 7) is 1.07. The highest BCUT2D eigenvalue weighted by atomic mass is 35.5. The smallest absolute Gasteiger partial charge is 0.379 e. The van der Waals surface area contributed by atoms with Crippen LogP contribution in [0.25, 0.3) is 0 Å². The predicted molar refractivity (Wildman–Crippen MR) is 61.6 cm³/mol. The van der Waals surface area contributed by atoms with Crippen molar-refractivity contribution in [1.82, 2.24) is 0 Å². The molecule has 0 bridgehead atoms. The van der Waals surface area contributed by atoms with Crippen molar-refractivity contribution in [2.45, 2.75) is 18.9 Å². The number of benzene rings is 1. The first kappa shape index (κ1) is 15.6. The standard InChI is InChI=1S/C11H11ClF3NO3/c1-2-19-10(18)11(14,15)9(16)7-5(12)3-4-6(13)8(7)17/h3-4,9,17H,2,16H2,1H3/t9-/m0/s1. The summed E-state index contributed by atoms with van der Waals surface area (Å²) in [5.74, 6) is -8.31. The minimum absolute atomic E-state index is 0.274. The molecule has 0 radical (unpaired) electrons. The molecule has 0 aromatic heterocycles. The molecule has 106 valence electrons. The SMILES string of the molecule is CCOC(=O)C(F)(F)[C@@H](N)c1c(Cl)ccc(F)c1O. The Morgan fingerprint density at radius 2 is 2.16 bits per heavy atom. The van der Waals surface area contributed by atoms with Crippen LogP contribution in [0.4, 0.5) is 13.2 Å². The number of hydrogen-bond acceptors (Lipinski definition) is 4. The first-order valence-electron chi connectivity index (χ1n) is 5.20. The van der Waals surface area contributed by atoms with Crippen LogP contribution in [-0.2, 0) is 9.53 Å². The van der Waals surface area contributed by atoms with Gasteiger partial charge in [0.2, 0.25) is 0 Å². The molecule has 0 aliphatic rings. The number of phenols is 1. The molecule has 0 aliphatic carbocycles. The van der Waals surface area contributed by atoms with E-state index in [0.717, 1.165) is 12.1 Å². The summed E-state index contributed by atoms with van der Waals surface area (Å²) in [7, 11) is 0. The molecule has 0 amide bonds. The molecule has 1 rings (SSSR count). The molecule has 0 heterocycles. The van der Waals surface area contributed by atoms with Gasteiger partial charge in [0.1, 0.15) is 6.04 Å². The van der Waals surface area contributed by atoms with Crippen LogP contribution >= 0.6 is 11.6 Å². The van der Waals surface area contributed by atoms with Crippen LogP contribution in [0.15, 0.2) is 12.1 Å². The molecule has 8 heteroatoms. The molecule has 19 heavy (non-hydrogen) atoms. The topological polar surface area (TPSA) is 72.5 Å². The van der Waals surface area contributed by atoms with E-state index < -0.39 is 35.1 Å². The third-order valence-electron chi connectivity index (χ3n) is 2.36. The van der Waals surface area contributed by atoms with Crippen molar-refractivity contribution in [2.24, 2.45) is 5.73 Å². The maximum atomic E-state index is 13.7. The molecule has 0 unspecified atom stereocenters. The van der Waals surface area contributed by atoms with Gasteiger partial charge in [-0.2, -0.15) is 8.78 Å². The lowest BCUT2D eigenvalue weighted by Crippen LogP contribution is -2.42. The fourth-order valence-electron chi connectivity index (χ4n) is 1.39. The molecule has 1 atom stereocenters. The summed E-state index contributed by atoms with van der Waals surface area (Å²) < 4.78 is 44.7. The van der Waals surface area contributed by atoms with E-state index >= 15 is 0 Å². The second-order valence-corrected chi connectivity index (χ2v) is 4.02. The first-order chi connectivity index (χ1) is 8.73. The van der Waals surface area contributed by atoms with Crippen molar-refractivity contribution in [3.8, 4) is 5.75 Å². The number of ether oxygens (including phenoxy) is 1. The molecular formula is C11H11ClF3NO3. The van der Waals surface area contributed by atoms with Gasteiger partial charge < -0.3 is 15.6 Å². The Morgan fingerprint density at radius 1 is 1.58 bits per heavy atom. The van der Waals surface area contributed by atoms with Gasteiger partial charge in [-0.05, 0) is 19.1 Å². The van der Waals surface area contributed by atoms with Crippen LogP contribution in [0.1, 0.15) is 18.5 Å². The van der Waals surface area contributed by atoms with E-state index in [-0.39, 0.29) is 11.6 Å². The van der Waals surface area contributed by atoms with E-state index in [1.54, 1.807) is 0 Å². The highest BCUT2D eigenvalue weighted by Gasteiger charge is 2.49. The van der Waals surface area contributed by atoms with E-state index in [9.17, 15) is 23.1 Å². The van der Waals surface area contributed by atoms with Crippen molar-refractivity contribution in [3.05, 3.63) is 28.5 Å². The maximum absolute atomic E-state index is 13.7. The van der Waals surface area contributed by atoms with E-state index in [1.165, 1.54) is 6.92 Å². The molecule has 0 fully saturated rings. The minimum atomic E-state index is -4.15. The van der Waals surface area contributed by atoms with Crippen LogP contribution in [0.5, 0.6) is 5.75 Å². The highest BCUT2D eigenvalue weighted by molar-refractivity contribution is 6.31. The quantitative estimate of drug-likeness (QED) is 0.837. The molecule has 0 saturated heterocycles. The number of hydrogen-bond donors (Lipinski definition) is 2. The Balaban J connectivity index is 3.23. The van der Waals surface area contributed by atoms with Crippen molar-refractivity contribution >= 4 is 17.6 Å². The minimum Gasteiger partial charge on any atom is -0.505 e. The summed E-state index contributed by atoms with van der Waals surface area (Å²) >= 11 is 5.59. The number of nitrogens with two attached hydrogens (primary N) is 1. The Labute approximate surface area is 111 Å². The lowest BCUT2D eigenvalue weighted by molar-refractivity contribution is -0.174. The number of carbonyl (C=O) groups excluding carboxylic acids is 1. The molecule has 0 saturated carbocycles. The van der Waals surface area contributed by atoms with Gasteiger partial charge in [0.15, 0.2) is 11.6 Å². The molecule has 4 nitrogen and oxygen atoms in total. The van der Waals surface area contributed by atoms with Gasteiger partial charge in [-0.25, -0.2) is 9.18 Å². The lowest BCUT2D eigenvalue weighted by Gasteiger charge is -2.23. The monoisotopic (exact) mass is 297 g/mol. The Kier molecular flexibility index (Phi) is 4.65. The largest absolute Gasteiger partial charge is 0.505 e. The second kappa shape index (κ2) is 5.66. The summed E-state index contributed by atoms with van der Waals surface area (Å²) in [6, 6.07) is -0.585. The number of esters is 1. The Hall–Kier alpha value is -1.47. The lowest BCUT2D eigenvalue weighted by atomic mass is 10.00. The molecule has 0 spiro atoms. The number of carbonyl (C=O) groups is 1. The van der Waals surface area contributed by atoms with Crippen molar-refractivity contribution in [2.75, 3.05) is 6.61 Å². The zero-order valence-electron chi connectivity index (χ0n) is 9.79. The normalized spacial score (nSPS) is 13.2. The van der Waals surface area contributed by atoms with Crippen molar-refractivity contribution < 1.29 is 27.8 Å². The van der Waals surface area contributed by atoms with E-state index in [4.69, 9.17) is 17.3 Å². The van der Waals surface area contributed by atoms with Crippen LogP contribution in [0, 0.1) is 5.82 Å². The number of rotatable bonds is 4. The third-order valence-corrected chi connectivity index (χ3v) is 2.69. The average Bonchev–Trinajstić information content (AvgIpc) is 2.34. The van der Waals surface area contributed by atoms with E-state index in [2.05, 4.69) is 4.74 Å². The van der Waals surface area contributed by atoms with Gasteiger partial charge in [0, 0.05) is 10.6 Å². The predicted octanol–water partition coefficient (Wildman–Crippen LogP) is 2.38. The summed E-state index contributed by atoms with van der Waals surface area (Å²) in [5, 5.41) is 9.02. The number of aromatic hydroxyl groups is 1. The number of phenolic OH excluding ortho intramolecular Hbond substituents is 1. The maximum Gasteiger partial charge on any atom is 0.379 e. The summed E-state index contributed by atoms with van der Waals surface area (Å²) in [6.07, 6.45) is 0. The first-order valence-corrected chi connectivity index (χ1v) is 5.58. The van der Waals surface area contributed by atoms with Gasteiger partial charge >= 0.3 is 11.9 Å². The Bertz CT molecular complexity index is 496. The average molecular weight is 298 g/mol. The fourth-order valence-corrected chi connectivity index (χ4v) is 1.66. The van der Waals surface area contributed by atoms with Crippen LogP contribution in [-0.4, -0.2) is 23.6 Å². The zero-order valence-corrected chi connectivity index (χ0v) is 10.5.